The maximum atomic E-state index is 13.6. The molecular weight excluding hydrogens is 499 g/mol. The molecular formula is C20H11F9N4O2. The summed E-state index contributed by atoms with van der Waals surface area (Å²) in [6.45, 7) is 0. The monoisotopic (exact) mass is 510 g/mol. The summed E-state index contributed by atoms with van der Waals surface area (Å²) in [7, 11) is 0. The summed E-state index contributed by atoms with van der Waals surface area (Å²) in [4.78, 5) is 16.5. The van der Waals surface area contributed by atoms with Gasteiger partial charge >= 0.3 is 24.5 Å². The van der Waals surface area contributed by atoms with E-state index in [2.05, 4.69) is 15.1 Å². The van der Waals surface area contributed by atoms with Crippen molar-refractivity contribution >= 4 is 11.8 Å². The summed E-state index contributed by atoms with van der Waals surface area (Å²) in [6.07, 6.45) is -15.0. The molecule has 6 nitrogen and oxygen atoms in total. The summed E-state index contributed by atoms with van der Waals surface area (Å²) in [5.41, 5.74) is -1.77. The van der Waals surface area contributed by atoms with Crippen LogP contribution in [0, 0.1) is 0 Å². The molecule has 0 radical (unpaired) electrons. The third kappa shape index (κ3) is 5.73. The van der Waals surface area contributed by atoms with Gasteiger partial charge in [-0.1, -0.05) is 23.4 Å². The topological polar surface area (TPSA) is 82.5 Å². The van der Waals surface area contributed by atoms with Gasteiger partial charge in [0.05, 0.1) is 23.0 Å². The molecule has 0 atom stereocenters. The largest absolute Gasteiger partial charge is 0.434 e. The lowest BCUT2D eigenvalue weighted by atomic mass is 10.0. The molecule has 186 valence electrons. The predicted molar refractivity (Wildman–Crippen MR) is 101 cm³/mol. The van der Waals surface area contributed by atoms with Crippen molar-refractivity contribution in [3.63, 3.8) is 0 Å². The fraction of sp³-hybridized carbons (Fsp3) is 0.150. The number of nitrogens with zero attached hydrogens (tertiary/aromatic N) is 3. The highest BCUT2D eigenvalue weighted by atomic mass is 19.4. The minimum absolute atomic E-state index is 0.0643. The molecule has 0 fully saturated rings. The predicted octanol–water partition coefficient (Wildman–Crippen LogP) is 5.41. The molecule has 35 heavy (non-hydrogen) atoms. The number of rotatable bonds is 4. The van der Waals surface area contributed by atoms with Crippen molar-refractivity contribution in [2.24, 2.45) is 10.9 Å². The first-order valence-electron chi connectivity index (χ1n) is 9.14. The summed E-state index contributed by atoms with van der Waals surface area (Å²) >= 11 is 0. The van der Waals surface area contributed by atoms with E-state index in [-0.39, 0.29) is 23.9 Å². The molecule has 3 aromatic rings. The van der Waals surface area contributed by atoms with Crippen LogP contribution in [0.2, 0.25) is 0 Å². The number of oxime groups is 1. The molecule has 1 heterocycles. The van der Waals surface area contributed by atoms with Crippen LogP contribution in [0.25, 0.3) is 5.69 Å². The van der Waals surface area contributed by atoms with Crippen LogP contribution in [0.3, 0.4) is 0 Å². The SMILES string of the molecule is NC(=NOC(=O)c1cnn(-c2ccccc2)c1C(F)(F)F)c1cc(C(F)(F)F)cc(C(F)(F)F)c1. The van der Waals surface area contributed by atoms with Crippen molar-refractivity contribution in [3.8, 4) is 5.69 Å². The number of para-hydroxylation sites is 1. The molecule has 0 aliphatic rings. The summed E-state index contributed by atoms with van der Waals surface area (Å²) < 4.78 is 119. The number of alkyl halides is 9. The molecule has 2 aromatic carbocycles. The molecule has 0 amide bonds. The van der Waals surface area contributed by atoms with Crippen LogP contribution in [0.5, 0.6) is 0 Å². The Morgan fingerprint density at radius 3 is 1.89 bits per heavy atom. The van der Waals surface area contributed by atoms with Gasteiger partial charge in [-0.2, -0.15) is 44.6 Å². The molecule has 0 bridgehead atoms. The minimum Gasteiger partial charge on any atom is -0.380 e. The summed E-state index contributed by atoms with van der Waals surface area (Å²) in [5, 5.41) is 6.43. The highest BCUT2D eigenvalue weighted by molar-refractivity contribution is 5.98. The lowest BCUT2D eigenvalue weighted by Gasteiger charge is -2.14. The van der Waals surface area contributed by atoms with Crippen LogP contribution < -0.4 is 5.73 Å². The van der Waals surface area contributed by atoms with Gasteiger partial charge in [0.15, 0.2) is 11.5 Å². The van der Waals surface area contributed by atoms with E-state index in [9.17, 15) is 44.3 Å². The molecule has 1 aromatic heterocycles. The second kappa shape index (κ2) is 8.96. The van der Waals surface area contributed by atoms with Crippen LogP contribution in [-0.4, -0.2) is 21.6 Å². The Kier molecular flexibility index (Phi) is 6.55. The van der Waals surface area contributed by atoms with Crippen molar-refractivity contribution in [2.45, 2.75) is 18.5 Å². The van der Waals surface area contributed by atoms with E-state index in [0.29, 0.717) is 10.9 Å². The van der Waals surface area contributed by atoms with Crippen LogP contribution in [0.4, 0.5) is 39.5 Å². The first kappa shape index (κ1) is 25.6. The van der Waals surface area contributed by atoms with E-state index in [1.165, 1.54) is 30.3 Å². The number of hydrogen-bond donors (Lipinski definition) is 1. The highest BCUT2D eigenvalue weighted by Crippen LogP contribution is 2.37. The molecule has 0 spiro atoms. The van der Waals surface area contributed by atoms with Crippen molar-refractivity contribution in [3.05, 3.63) is 82.7 Å². The Hall–Kier alpha value is -4.04. The average molecular weight is 510 g/mol. The van der Waals surface area contributed by atoms with Crippen LogP contribution >= 0.6 is 0 Å². The molecule has 2 N–H and O–H groups in total. The van der Waals surface area contributed by atoms with E-state index >= 15 is 0 Å². The van der Waals surface area contributed by atoms with Crippen LogP contribution in [-0.2, 0) is 23.4 Å². The maximum Gasteiger partial charge on any atom is 0.434 e. The Labute approximate surface area is 189 Å². The molecule has 0 unspecified atom stereocenters. The van der Waals surface area contributed by atoms with E-state index < -0.39 is 58.3 Å². The van der Waals surface area contributed by atoms with Crippen LogP contribution in [0.1, 0.15) is 32.7 Å². The fourth-order valence-corrected chi connectivity index (χ4v) is 2.83. The first-order chi connectivity index (χ1) is 16.1. The number of nitrogens with two attached hydrogens (primary N) is 1. The van der Waals surface area contributed by atoms with E-state index in [0.717, 1.165) is 0 Å². The number of carbonyl (C=O) groups is 1. The number of carbonyl (C=O) groups excluding carboxylic acids is 1. The zero-order chi connectivity index (χ0) is 26.2. The summed E-state index contributed by atoms with van der Waals surface area (Å²) in [6, 6.07) is 7.10. The van der Waals surface area contributed by atoms with Crippen molar-refractivity contribution in [1.82, 2.24) is 9.78 Å². The van der Waals surface area contributed by atoms with Gasteiger partial charge in [-0.25, -0.2) is 9.48 Å². The molecule has 0 saturated carbocycles. The van der Waals surface area contributed by atoms with Gasteiger partial charge in [0, 0.05) is 5.56 Å². The number of halogens is 9. The third-order valence-electron chi connectivity index (χ3n) is 4.37. The number of aromatic nitrogens is 2. The molecule has 15 heteroatoms. The number of benzene rings is 2. The van der Waals surface area contributed by atoms with Gasteiger partial charge in [-0.05, 0) is 30.3 Å². The van der Waals surface area contributed by atoms with Crippen molar-refractivity contribution in [2.75, 3.05) is 0 Å². The highest BCUT2D eigenvalue weighted by Gasteiger charge is 2.41. The fourth-order valence-electron chi connectivity index (χ4n) is 2.83. The molecule has 0 aliphatic carbocycles. The second-order valence-corrected chi connectivity index (χ2v) is 6.80. The minimum atomic E-state index is -5.19. The van der Waals surface area contributed by atoms with Gasteiger partial charge in [0.25, 0.3) is 0 Å². The Bertz CT molecular complexity index is 1230. The quantitative estimate of drug-likeness (QED) is 0.167. The zero-order valence-corrected chi connectivity index (χ0v) is 16.8. The second-order valence-electron chi connectivity index (χ2n) is 6.80. The molecule has 0 aliphatic heterocycles. The van der Waals surface area contributed by atoms with Crippen LogP contribution in [0.15, 0.2) is 59.9 Å². The van der Waals surface area contributed by atoms with Gasteiger partial charge in [-0.3, -0.25) is 0 Å². The van der Waals surface area contributed by atoms with Gasteiger partial charge < -0.3 is 10.6 Å². The Balaban J connectivity index is 1.97. The van der Waals surface area contributed by atoms with Crippen molar-refractivity contribution < 1.29 is 49.1 Å². The van der Waals surface area contributed by atoms with E-state index in [1.54, 1.807) is 0 Å². The molecule has 3 rings (SSSR count). The lowest BCUT2D eigenvalue weighted by molar-refractivity contribution is -0.144. The summed E-state index contributed by atoms with van der Waals surface area (Å²) in [5.74, 6) is -2.88. The van der Waals surface area contributed by atoms with Crippen molar-refractivity contribution in [1.29, 1.82) is 0 Å². The smallest absolute Gasteiger partial charge is 0.380 e. The van der Waals surface area contributed by atoms with Gasteiger partial charge in [0.1, 0.15) is 5.56 Å². The van der Waals surface area contributed by atoms with E-state index in [1.807, 2.05) is 0 Å². The Morgan fingerprint density at radius 2 is 1.40 bits per heavy atom. The lowest BCUT2D eigenvalue weighted by Crippen LogP contribution is -2.20. The van der Waals surface area contributed by atoms with E-state index in [4.69, 9.17) is 5.73 Å². The molecule has 0 saturated heterocycles. The van der Waals surface area contributed by atoms with Gasteiger partial charge in [0.2, 0.25) is 0 Å². The van der Waals surface area contributed by atoms with Gasteiger partial charge in [-0.15, -0.1) is 0 Å². The maximum absolute atomic E-state index is 13.6. The first-order valence-corrected chi connectivity index (χ1v) is 9.14. The third-order valence-corrected chi connectivity index (χ3v) is 4.37. The number of amidine groups is 1. The normalized spacial score (nSPS) is 13.1. The average Bonchev–Trinajstić information content (AvgIpc) is 3.22. The zero-order valence-electron chi connectivity index (χ0n) is 16.8. The number of hydrogen-bond acceptors (Lipinski definition) is 4. The Morgan fingerprint density at radius 1 is 0.857 bits per heavy atom. The standard InChI is InChI=1S/C20H11F9N4O2/c21-18(22,23)11-6-10(7-12(8-11)19(24,25)26)16(30)32-35-17(34)14-9-31-33(15(14)20(27,28)29)13-4-2-1-3-5-13/h1-9H,(H2,30,32).